The molecule has 1 aliphatic carbocycles. The topological polar surface area (TPSA) is 9.23 Å². The molecule has 2 heteroatoms. The first-order chi connectivity index (χ1) is 13.2. The number of unbranched alkanes of at least 4 members (excludes halogenated alkanes) is 3. The Morgan fingerprint density at radius 2 is 1.56 bits per heavy atom. The molecule has 0 N–H and O–H groups in total. The summed E-state index contributed by atoms with van der Waals surface area (Å²) in [6, 6.07) is 17.2. The second-order valence-corrected chi connectivity index (χ2v) is 8.97. The van der Waals surface area contributed by atoms with Gasteiger partial charge in [-0.1, -0.05) is 79.2 Å². The van der Waals surface area contributed by atoms with Gasteiger partial charge in [0.05, 0.1) is 0 Å². The van der Waals surface area contributed by atoms with Crippen LogP contribution in [-0.4, -0.2) is 0 Å². The van der Waals surface area contributed by atoms with E-state index in [1.807, 2.05) is 24.3 Å². The van der Waals surface area contributed by atoms with Crippen molar-refractivity contribution in [3.8, 4) is 5.75 Å². The minimum atomic E-state index is 0.631. The molecule has 1 nitrogen and oxygen atoms in total. The van der Waals surface area contributed by atoms with Gasteiger partial charge in [-0.15, -0.1) is 0 Å². The maximum absolute atomic E-state index is 5.88. The van der Waals surface area contributed by atoms with Crippen LogP contribution in [0.5, 0.6) is 5.75 Å². The minimum Gasteiger partial charge on any atom is -0.489 e. The molecule has 0 heterocycles. The van der Waals surface area contributed by atoms with Crippen molar-refractivity contribution in [3.05, 3.63) is 64.1 Å². The monoisotopic (exact) mass is 428 g/mol. The highest BCUT2D eigenvalue weighted by atomic mass is 79.9. The van der Waals surface area contributed by atoms with Crippen LogP contribution in [0.4, 0.5) is 0 Å². The van der Waals surface area contributed by atoms with Gasteiger partial charge >= 0.3 is 0 Å². The molecular weight excluding hydrogens is 396 g/mol. The first-order valence-electron chi connectivity index (χ1n) is 10.7. The van der Waals surface area contributed by atoms with E-state index < -0.39 is 0 Å². The molecular formula is C25H33BrO. The van der Waals surface area contributed by atoms with Gasteiger partial charge in [0.2, 0.25) is 0 Å². The van der Waals surface area contributed by atoms with E-state index in [1.54, 1.807) is 0 Å². The average molecular weight is 429 g/mol. The molecule has 0 atom stereocenters. The van der Waals surface area contributed by atoms with Gasteiger partial charge in [0.15, 0.2) is 0 Å². The van der Waals surface area contributed by atoms with E-state index in [4.69, 9.17) is 4.74 Å². The third kappa shape index (κ3) is 6.68. The Labute approximate surface area is 173 Å². The lowest BCUT2D eigenvalue weighted by Gasteiger charge is -2.29. The number of ether oxygens (including phenoxy) is 1. The Balaban J connectivity index is 1.42. The number of rotatable bonds is 9. The number of benzene rings is 2. The van der Waals surface area contributed by atoms with Crippen molar-refractivity contribution in [2.75, 3.05) is 0 Å². The van der Waals surface area contributed by atoms with Crippen molar-refractivity contribution < 1.29 is 4.74 Å². The van der Waals surface area contributed by atoms with Gasteiger partial charge in [-0.05, 0) is 72.9 Å². The second-order valence-electron chi connectivity index (χ2n) is 8.05. The lowest BCUT2D eigenvalue weighted by atomic mass is 9.77. The largest absolute Gasteiger partial charge is 0.489 e. The number of hydrogen-bond acceptors (Lipinski definition) is 1. The molecule has 2 aromatic rings. The van der Waals surface area contributed by atoms with Crippen molar-refractivity contribution in [1.29, 1.82) is 0 Å². The van der Waals surface area contributed by atoms with Crippen LogP contribution in [0.1, 0.15) is 81.8 Å². The molecule has 1 saturated carbocycles. The summed E-state index contributed by atoms with van der Waals surface area (Å²) >= 11 is 3.45. The van der Waals surface area contributed by atoms with Gasteiger partial charge in [0.1, 0.15) is 12.4 Å². The van der Waals surface area contributed by atoms with Crippen molar-refractivity contribution >= 4 is 15.9 Å². The van der Waals surface area contributed by atoms with Gasteiger partial charge in [-0.2, -0.15) is 0 Å². The summed E-state index contributed by atoms with van der Waals surface area (Å²) in [7, 11) is 0. The lowest BCUT2D eigenvalue weighted by molar-refractivity contribution is 0.301. The van der Waals surface area contributed by atoms with Crippen molar-refractivity contribution in [2.24, 2.45) is 5.92 Å². The molecule has 0 spiro atoms. The van der Waals surface area contributed by atoms with Gasteiger partial charge in [0.25, 0.3) is 0 Å². The average Bonchev–Trinajstić information content (AvgIpc) is 2.72. The molecule has 0 saturated heterocycles. The fourth-order valence-electron chi connectivity index (χ4n) is 4.23. The third-order valence-corrected chi connectivity index (χ3v) is 6.51. The Kier molecular flexibility index (Phi) is 8.26. The summed E-state index contributed by atoms with van der Waals surface area (Å²) in [6.45, 7) is 2.93. The predicted molar refractivity (Wildman–Crippen MR) is 118 cm³/mol. The van der Waals surface area contributed by atoms with Crippen molar-refractivity contribution in [1.82, 2.24) is 0 Å². The fourth-order valence-corrected chi connectivity index (χ4v) is 4.49. The Hall–Kier alpha value is -1.28. The third-order valence-electron chi connectivity index (χ3n) is 5.98. The van der Waals surface area contributed by atoms with Crippen molar-refractivity contribution in [2.45, 2.75) is 77.2 Å². The quantitative estimate of drug-likeness (QED) is 0.365. The van der Waals surface area contributed by atoms with Crippen LogP contribution in [0, 0.1) is 5.92 Å². The van der Waals surface area contributed by atoms with E-state index in [1.165, 1.54) is 68.9 Å². The summed E-state index contributed by atoms with van der Waals surface area (Å²) in [5.74, 6) is 2.66. The minimum absolute atomic E-state index is 0.631. The van der Waals surface area contributed by atoms with Crippen LogP contribution >= 0.6 is 15.9 Å². The Morgan fingerprint density at radius 3 is 2.22 bits per heavy atom. The summed E-state index contributed by atoms with van der Waals surface area (Å²) < 4.78 is 6.96. The molecule has 0 aliphatic heterocycles. The molecule has 1 fully saturated rings. The van der Waals surface area contributed by atoms with Gasteiger partial charge in [-0.25, -0.2) is 0 Å². The van der Waals surface area contributed by atoms with Crippen LogP contribution in [0.3, 0.4) is 0 Å². The number of hydrogen-bond donors (Lipinski definition) is 0. The Bertz CT molecular complexity index is 654. The summed E-state index contributed by atoms with van der Waals surface area (Å²) in [4.78, 5) is 0. The van der Waals surface area contributed by atoms with Gasteiger partial charge < -0.3 is 4.74 Å². The number of halogens is 1. The first kappa shape index (κ1) is 20.5. The summed E-state index contributed by atoms with van der Waals surface area (Å²) in [6.07, 6.45) is 12.7. The molecule has 2 aromatic carbocycles. The first-order valence-corrected chi connectivity index (χ1v) is 11.5. The van der Waals surface area contributed by atoms with Gasteiger partial charge in [0, 0.05) is 4.47 Å². The molecule has 0 unspecified atom stereocenters. The highest BCUT2D eigenvalue weighted by Crippen LogP contribution is 2.37. The smallest absolute Gasteiger partial charge is 0.119 e. The van der Waals surface area contributed by atoms with Crippen LogP contribution < -0.4 is 4.74 Å². The van der Waals surface area contributed by atoms with E-state index in [0.29, 0.717) is 6.61 Å². The van der Waals surface area contributed by atoms with E-state index >= 15 is 0 Å². The van der Waals surface area contributed by atoms with E-state index in [0.717, 1.165) is 22.1 Å². The zero-order valence-electron chi connectivity index (χ0n) is 16.6. The predicted octanol–water partition coefficient (Wildman–Crippen LogP) is 8.27. The van der Waals surface area contributed by atoms with Crippen LogP contribution in [0.15, 0.2) is 53.0 Å². The summed E-state index contributed by atoms with van der Waals surface area (Å²) in [5.41, 5.74) is 2.76. The second kappa shape index (κ2) is 10.9. The molecule has 0 bridgehead atoms. The zero-order chi connectivity index (χ0) is 18.9. The SMILES string of the molecule is CCCCCCC1CCC(c2ccc(COc3ccc(Br)cc3)cc2)CC1. The van der Waals surface area contributed by atoms with Crippen LogP contribution in [0.2, 0.25) is 0 Å². The highest BCUT2D eigenvalue weighted by Gasteiger charge is 2.21. The fraction of sp³-hybridized carbons (Fsp3) is 0.520. The standard InChI is InChI=1S/C25H33BrO/c1-2-3-4-5-6-20-7-11-22(12-8-20)23-13-9-21(10-14-23)19-27-25-17-15-24(26)16-18-25/h9-10,13-18,20,22H,2-8,11-12,19H2,1H3. The molecule has 146 valence electrons. The zero-order valence-corrected chi connectivity index (χ0v) is 18.2. The van der Waals surface area contributed by atoms with Crippen molar-refractivity contribution in [3.63, 3.8) is 0 Å². The van der Waals surface area contributed by atoms with Crippen LogP contribution in [0.25, 0.3) is 0 Å². The molecule has 0 amide bonds. The normalized spacial score (nSPS) is 19.8. The maximum Gasteiger partial charge on any atom is 0.119 e. The lowest BCUT2D eigenvalue weighted by Crippen LogP contribution is -2.13. The van der Waals surface area contributed by atoms with E-state index in [9.17, 15) is 0 Å². The molecule has 3 rings (SSSR count). The van der Waals surface area contributed by atoms with E-state index in [-0.39, 0.29) is 0 Å². The molecule has 0 aromatic heterocycles. The summed E-state index contributed by atoms with van der Waals surface area (Å²) in [5, 5.41) is 0. The molecule has 1 aliphatic rings. The molecule has 0 radical (unpaired) electrons. The Morgan fingerprint density at radius 1 is 0.852 bits per heavy atom. The van der Waals surface area contributed by atoms with Gasteiger partial charge in [-0.3, -0.25) is 0 Å². The highest BCUT2D eigenvalue weighted by molar-refractivity contribution is 9.10. The maximum atomic E-state index is 5.88. The molecule has 27 heavy (non-hydrogen) atoms. The van der Waals surface area contributed by atoms with Crippen LogP contribution in [-0.2, 0) is 6.61 Å². The van der Waals surface area contributed by atoms with E-state index in [2.05, 4.69) is 47.1 Å².